The molecule has 0 amide bonds. The lowest BCUT2D eigenvalue weighted by atomic mass is 10.1. The second kappa shape index (κ2) is 17.2. The number of aliphatic hydroxyl groups excluding tert-OH is 1. The second-order valence-electron chi connectivity index (χ2n) is 6.81. The number of aliphatic hydroxyl groups is 1. The average molecular weight is 356 g/mol. The third-order valence-corrected chi connectivity index (χ3v) is 4.56. The van der Waals surface area contributed by atoms with E-state index >= 15 is 0 Å². The zero-order valence-corrected chi connectivity index (χ0v) is 16.4. The van der Waals surface area contributed by atoms with E-state index in [2.05, 4.69) is 36.0 Å². The van der Waals surface area contributed by atoms with Gasteiger partial charge in [0.15, 0.2) is 12.4 Å². The van der Waals surface area contributed by atoms with Gasteiger partial charge >= 0.3 is 0 Å². The minimum Gasteiger partial charge on any atom is -1.00 e. The van der Waals surface area contributed by atoms with Crippen LogP contribution in [0.3, 0.4) is 0 Å². The first kappa shape index (κ1) is 23.4. The van der Waals surface area contributed by atoms with Crippen molar-refractivity contribution in [2.75, 3.05) is 6.61 Å². The van der Waals surface area contributed by atoms with E-state index in [0.29, 0.717) is 6.61 Å². The molecule has 1 aromatic rings. The fourth-order valence-corrected chi connectivity index (χ4v) is 3.09. The van der Waals surface area contributed by atoms with E-state index in [0.717, 1.165) is 13.0 Å². The van der Waals surface area contributed by atoms with E-state index in [1.165, 1.54) is 82.6 Å². The first-order chi connectivity index (χ1) is 11.4. The van der Waals surface area contributed by atoms with Crippen LogP contribution in [0.15, 0.2) is 24.5 Å². The maximum Gasteiger partial charge on any atom is 0.171 e. The number of pyridine rings is 1. The van der Waals surface area contributed by atoms with Crippen molar-refractivity contribution in [3.63, 3.8) is 0 Å². The lowest BCUT2D eigenvalue weighted by molar-refractivity contribution is -0.697. The predicted octanol–water partition coefficient (Wildman–Crippen LogP) is 2.21. The highest BCUT2D eigenvalue weighted by Crippen LogP contribution is 2.09. The Bertz CT molecular complexity index is 384. The summed E-state index contributed by atoms with van der Waals surface area (Å²) in [6, 6.07) is 4.48. The molecule has 140 valence electrons. The molecule has 24 heavy (non-hydrogen) atoms. The van der Waals surface area contributed by atoms with Gasteiger partial charge in [-0.15, -0.1) is 0 Å². The zero-order valence-electron chi connectivity index (χ0n) is 15.7. The standard InChI is InChI=1S/C21H38NO.ClH/c1-2-3-4-11-15-21-16-14-18-22(20-21)17-12-9-7-5-6-8-10-13-19-23;/h14,16,18,20,23H,2-13,15,17,19H2,1H3;1H/q+1;/p-1. The zero-order chi connectivity index (χ0) is 16.6. The van der Waals surface area contributed by atoms with Crippen LogP contribution in [0.25, 0.3) is 0 Å². The van der Waals surface area contributed by atoms with Crippen molar-refractivity contribution in [3.8, 4) is 0 Å². The lowest BCUT2D eigenvalue weighted by Gasteiger charge is -2.03. The molecule has 0 fully saturated rings. The van der Waals surface area contributed by atoms with E-state index < -0.39 is 0 Å². The van der Waals surface area contributed by atoms with Crippen LogP contribution >= 0.6 is 0 Å². The molecule has 1 heterocycles. The molecule has 1 N–H and O–H groups in total. The number of hydrogen-bond donors (Lipinski definition) is 1. The van der Waals surface area contributed by atoms with Crippen LogP contribution in [0.2, 0.25) is 0 Å². The summed E-state index contributed by atoms with van der Waals surface area (Å²) in [5, 5.41) is 8.74. The molecule has 0 radical (unpaired) electrons. The number of hydrogen-bond acceptors (Lipinski definition) is 1. The third kappa shape index (κ3) is 12.8. The van der Waals surface area contributed by atoms with Crippen LogP contribution < -0.4 is 17.0 Å². The summed E-state index contributed by atoms with van der Waals surface area (Å²) in [6.45, 7) is 3.79. The molecule has 2 nitrogen and oxygen atoms in total. The molecule has 0 atom stereocenters. The van der Waals surface area contributed by atoms with Crippen LogP contribution in [0.1, 0.15) is 89.5 Å². The normalized spacial score (nSPS) is 10.6. The summed E-state index contributed by atoms with van der Waals surface area (Å²) in [7, 11) is 0. The van der Waals surface area contributed by atoms with Gasteiger partial charge in [0.2, 0.25) is 0 Å². The van der Waals surface area contributed by atoms with E-state index in [9.17, 15) is 0 Å². The minimum atomic E-state index is 0. The van der Waals surface area contributed by atoms with Gasteiger partial charge in [0, 0.05) is 24.7 Å². The molecule has 0 saturated heterocycles. The summed E-state index contributed by atoms with van der Waals surface area (Å²) in [6.07, 6.45) is 21.3. The summed E-state index contributed by atoms with van der Waals surface area (Å²) in [5.74, 6) is 0. The molecule has 0 unspecified atom stereocenters. The van der Waals surface area contributed by atoms with Crippen LogP contribution in [0, 0.1) is 0 Å². The fraction of sp³-hybridized carbons (Fsp3) is 0.762. The molecular formula is C21H38ClNO. The predicted molar refractivity (Wildman–Crippen MR) is 98.5 cm³/mol. The molecule has 0 aromatic carbocycles. The van der Waals surface area contributed by atoms with Gasteiger partial charge in [-0.3, -0.25) is 0 Å². The van der Waals surface area contributed by atoms with Crippen LogP contribution in [-0.4, -0.2) is 11.7 Å². The van der Waals surface area contributed by atoms with Gasteiger partial charge in [0.1, 0.15) is 6.54 Å². The van der Waals surface area contributed by atoms with Gasteiger partial charge in [-0.2, -0.15) is 0 Å². The van der Waals surface area contributed by atoms with E-state index in [-0.39, 0.29) is 12.4 Å². The highest BCUT2D eigenvalue weighted by molar-refractivity contribution is 5.05. The van der Waals surface area contributed by atoms with Gasteiger partial charge in [0.05, 0.1) is 0 Å². The molecule has 0 aliphatic heterocycles. The largest absolute Gasteiger partial charge is 1.00 e. The molecule has 0 saturated carbocycles. The second-order valence-corrected chi connectivity index (χ2v) is 6.81. The quantitative estimate of drug-likeness (QED) is 0.378. The SMILES string of the molecule is CCCCCCc1ccc[n+](CCCCCCCCCCO)c1.[Cl-]. The number of rotatable bonds is 15. The number of aryl methyl sites for hydroxylation is 2. The Kier molecular flexibility index (Phi) is 16.8. The van der Waals surface area contributed by atoms with Crippen LogP contribution in [0.5, 0.6) is 0 Å². The highest BCUT2D eigenvalue weighted by Gasteiger charge is 2.03. The smallest absolute Gasteiger partial charge is 0.171 e. The Balaban J connectivity index is 0.00000529. The average Bonchev–Trinajstić information content (AvgIpc) is 2.58. The van der Waals surface area contributed by atoms with Gasteiger partial charge in [-0.05, 0) is 31.7 Å². The van der Waals surface area contributed by atoms with Gasteiger partial charge in [-0.1, -0.05) is 58.3 Å². The third-order valence-electron chi connectivity index (χ3n) is 4.56. The molecule has 0 spiro atoms. The Morgan fingerprint density at radius 1 is 0.833 bits per heavy atom. The first-order valence-corrected chi connectivity index (χ1v) is 9.95. The lowest BCUT2D eigenvalue weighted by Crippen LogP contribution is -3.00. The van der Waals surface area contributed by atoms with E-state index in [4.69, 9.17) is 5.11 Å². The summed E-state index contributed by atoms with van der Waals surface area (Å²) in [5.41, 5.74) is 1.49. The number of nitrogens with zero attached hydrogens (tertiary/aromatic N) is 1. The maximum absolute atomic E-state index is 8.74. The Hall–Kier alpha value is -0.600. The monoisotopic (exact) mass is 355 g/mol. The minimum absolute atomic E-state index is 0. The van der Waals surface area contributed by atoms with Crippen LogP contribution in [-0.2, 0) is 13.0 Å². The van der Waals surface area contributed by atoms with Crippen molar-refractivity contribution < 1.29 is 22.1 Å². The van der Waals surface area contributed by atoms with Gasteiger partial charge in [0.25, 0.3) is 0 Å². The summed E-state index contributed by atoms with van der Waals surface area (Å²) < 4.78 is 2.37. The molecule has 0 bridgehead atoms. The molecular weight excluding hydrogens is 318 g/mol. The number of halogens is 1. The Labute approximate surface area is 156 Å². The van der Waals surface area contributed by atoms with E-state index in [1.54, 1.807) is 0 Å². The molecule has 0 aliphatic carbocycles. The van der Waals surface area contributed by atoms with E-state index in [1.807, 2.05) is 0 Å². The van der Waals surface area contributed by atoms with Gasteiger partial charge in [-0.25, -0.2) is 4.57 Å². The molecule has 0 aliphatic rings. The van der Waals surface area contributed by atoms with Crippen molar-refractivity contribution in [1.82, 2.24) is 0 Å². The molecule has 1 aromatic heterocycles. The van der Waals surface area contributed by atoms with Crippen molar-refractivity contribution in [1.29, 1.82) is 0 Å². The summed E-state index contributed by atoms with van der Waals surface area (Å²) in [4.78, 5) is 0. The van der Waals surface area contributed by atoms with Gasteiger partial charge < -0.3 is 17.5 Å². The molecule has 3 heteroatoms. The Morgan fingerprint density at radius 3 is 2.12 bits per heavy atom. The highest BCUT2D eigenvalue weighted by atomic mass is 35.5. The van der Waals surface area contributed by atoms with Crippen LogP contribution in [0.4, 0.5) is 0 Å². The van der Waals surface area contributed by atoms with Crippen molar-refractivity contribution >= 4 is 0 Å². The first-order valence-electron chi connectivity index (χ1n) is 9.95. The van der Waals surface area contributed by atoms with Crippen molar-refractivity contribution in [2.24, 2.45) is 0 Å². The fourth-order valence-electron chi connectivity index (χ4n) is 3.09. The van der Waals surface area contributed by atoms with Crippen molar-refractivity contribution in [2.45, 2.75) is 96.9 Å². The topological polar surface area (TPSA) is 24.1 Å². The summed E-state index contributed by atoms with van der Waals surface area (Å²) >= 11 is 0. The molecule has 1 rings (SSSR count). The number of aromatic nitrogens is 1. The van der Waals surface area contributed by atoms with Crippen molar-refractivity contribution in [3.05, 3.63) is 30.1 Å². The maximum atomic E-state index is 8.74. The number of unbranched alkanes of at least 4 members (excludes halogenated alkanes) is 10. The Morgan fingerprint density at radius 2 is 1.46 bits per heavy atom.